The van der Waals surface area contributed by atoms with E-state index in [9.17, 15) is 14.0 Å². The van der Waals surface area contributed by atoms with E-state index in [0.29, 0.717) is 0 Å². The van der Waals surface area contributed by atoms with Crippen LogP contribution in [-0.4, -0.2) is 36.0 Å². The van der Waals surface area contributed by atoms with Crippen molar-refractivity contribution < 1.29 is 14.0 Å². The van der Waals surface area contributed by atoms with Gasteiger partial charge >= 0.3 is 0 Å². The van der Waals surface area contributed by atoms with Crippen LogP contribution in [0.15, 0.2) is 42.5 Å². The number of hydrogen-bond acceptors (Lipinski definition) is 3. The highest BCUT2D eigenvalue weighted by Gasteiger charge is 2.52. The highest BCUT2D eigenvalue weighted by Crippen LogP contribution is 2.49. The Balaban J connectivity index is 1.12. The summed E-state index contributed by atoms with van der Waals surface area (Å²) in [6, 6.07) is 14.3. The van der Waals surface area contributed by atoms with Crippen molar-refractivity contribution in [1.29, 1.82) is 0 Å². The molecule has 2 aliphatic carbocycles. The van der Waals surface area contributed by atoms with Crippen molar-refractivity contribution in [2.45, 2.75) is 87.9 Å². The summed E-state index contributed by atoms with van der Waals surface area (Å²) in [6.07, 6.45) is 7.62. The highest BCUT2D eigenvalue weighted by atomic mass is 19.1. The molecule has 0 radical (unpaired) electrons. The second-order valence-electron chi connectivity index (χ2n) is 10.8. The first-order chi connectivity index (χ1) is 16.4. The maximum absolute atomic E-state index is 14.8. The van der Waals surface area contributed by atoms with Gasteiger partial charge in [0.05, 0.1) is 11.0 Å². The summed E-state index contributed by atoms with van der Waals surface area (Å²) in [5.74, 6) is -0.621. The van der Waals surface area contributed by atoms with Crippen molar-refractivity contribution in [2.24, 2.45) is 0 Å². The highest BCUT2D eigenvalue weighted by molar-refractivity contribution is 5.95. The van der Waals surface area contributed by atoms with Crippen LogP contribution in [-0.2, 0) is 10.2 Å². The van der Waals surface area contributed by atoms with Crippen LogP contribution in [0.5, 0.6) is 0 Å². The quantitative estimate of drug-likeness (QED) is 0.672. The van der Waals surface area contributed by atoms with Gasteiger partial charge in [-0.05, 0) is 82.1 Å². The first kappa shape index (κ1) is 21.6. The topological polar surface area (TPSA) is 61.4 Å². The summed E-state index contributed by atoms with van der Waals surface area (Å²) in [7, 11) is 0. The van der Waals surface area contributed by atoms with Gasteiger partial charge in [-0.1, -0.05) is 29.8 Å². The number of rotatable bonds is 6. The first-order valence-electron chi connectivity index (χ1n) is 12.7. The van der Waals surface area contributed by atoms with Crippen molar-refractivity contribution in [3.05, 3.63) is 65.0 Å². The molecule has 2 saturated heterocycles. The maximum Gasteiger partial charge on any atom is 0.254 e. The van der Waals surface area contributed by atoms with Crippen LogP contribution in [0, 0.1) is 12.7 Å². The van der Waals surface area contributed by atoms with E-state index in [-0.39, 0.29) is 47.0 Å². The van der Waals surface area contributed by atoms with E-state index in [1.54, 1.807) is 6.07 Å². The van der Waals surface area contributed by atoms with Crippen LogP contribution in [0.25, 0.3) is 0 Å². The minimum Gasteiger partial charge on any atom is -0.365 e. The summed E-state index contributed by atoms with van der Waals surface area (Å²) in [4.78, 5) is 27.9. The zero-order valence-corrected chi connectivity index (χ0v) is 19.6. The SMILES string of the molecule is Cc1ccc(C2(C(=O)NC3CC4CCC(C3)N4c3ccc(C(=O)NC4CC4)c(F)c3)CC2)cc1. The molecular formula is C28H32FN3O2. The number of nitrogens with zero attached hydrogens (tertiary/aromatic N) is 1. The van der Waals surface area contributed by atoms with E-state index in [4.69, 9.17) is 0 Å². The van der Waals surface area contributed by atoms with Gasteiger partial charge < -0.3 is 15.5 Å². The third-order valence-electron chi connectivity index (χ3n) is 8.27. The molecule has 5 nitrogen and oxygen atoms in total. The molecule has 178 valence electrons. The van der Waals surface area contributed by atoms with Gasteiger partial charge in [0, 0.05) is 29.9 Å². The third kappa shape index (κ3) is 3.87. The minimum atomic E-state index is -0.459. The standard InChI is InChI=1S/C28H32FN3O2/c1-17-2-4-18(5-3-17)28(12-13-28)27(34)31-20-14-21-8-9-22(15-20)32(21)23-10-11-24(25(29)16-23)26(33)30-19-6-7-19/h2-5,10-11,16,19-22H,6-9,12-15H2,1H3,(H,30,33)(H,31,34). The molecular weight excluding hydrogens is 429 g/mol. The van der Waals surface area contributed by atoms with Crippen molar-refractivity contribution in [3.8, 4) is 0 Å². The van der Waals surface area contributed by atoms with Crippen LogP contribution in [0.4, 0.5) is 10.1 Å². The van der Waals surface area contributed by atoms with Crippen LogP contribution >= 0.6 is 0 Å². The van der Waals surface area contributed by atoms with Crippen molar-refractivity contribution >= 4 is 17.5 Å². The molecule has 4 aliphatic rings. The number of piperidine rings is 1. The van der Waals surface area contributed by atoms with E-state index in [0.717, 1.165) is 62.6 Å². The Morgan fingerprint density at radius 2 is 1.59 bits per heavy atom. The molecule has 2 aliphatic heterocycles. The molecule has 0 aromatic heterocycles. The van der Waals surface area contributed by atoms with Gasteiger partial charge in [-0.25, -0.2) is 4.39 Å². The second kappa shape index (κ2) is 8.10. The van der Waals surface area contributed by atoms with Gasteiger partial charge in [-0.15, -0.1) is 0 Å². The molecule has 34 heavy (non-hydrogen) atoms. The number of fused-ring (bicyclic) bond motifs is 2. The van der Waals surface area contributed by atoms with Crippen LogP contribution < -0.4 is 15.5 Å². The second-order valence-corrected chi connectivity index (χ2v) is 10.8. The Morgan fingerprint density at radius 3 is 2.18 bits per heavy atom. The van der Waals surface area contributed by atoms with Crippen LogP contribution in [0.1, 0.15) is 72.9 Å². The number of amides is 2. The summed E-state index contributed by atoms with van der Waals surface area (Å²) >= 11 is 0. The summed E-state index contributed by atoms with van der Waals surface area (Å²) in [5, 5.41) is 6.24. The fraction of sp³-hybridized carbons (Fsp3) is 0.500. The summed E-state index contributed by atoms with van der Waals surface area (Å²) < 4.78 is 14.8. The Hall–Kier alpha value is -2.89. The third-order valence-corrected chi connectivity index (χ3v) is 8.27. The molecule has 6 heteroatoms. The van der Waals surface area contributed by atoms with E-state index in [1.165, 1.54) is 11.6 Å². The monoisotopic (exact) mass is 461 g/mol. The zero-order valence-electron chi connectivity index (χ0n) is 19.6. The lowest BCUT2D eigenvalue weighted by Crippen LogP contribution is -2.52. The van der Waals surface area contributed by atoms with Crippen LogP contribution in [0.3, 0.4) is 0 Å². The fourth-order valence-electron chi connectivity index (χ4n) is 6.02. The Labute approximate surface area is 200 Å². The van der Waals surface area contributed by atoms with Gasteiger partial charge in [-0.2, -0.15) is 0 Å². The van der Waals surface area contributed by atoms with Gasteiger partial charge in [-0.3, -0.25) is 9.59 Å². The molecule has 4 fully saturated rings. The number of nitrogens with one attached hydrogen (secondary N) is 2. The first-order valence-corrected chi connectivity index (χ1v) is 12.7. The Morgan fingerprint density at radius 1 is 0.912 bits per heavy atom. The predicted molar refractivity (Wildman–Crippen MR) is 129 cm³/mol. The smallest absolute Gasteiger partial charge is 0.254 e. The van der Waals surface area contributed by atoms with E-state index < -0.39 is 5.82 Å². The van der Waals surface area contributed by atoms with Crippen molar-refractivity contribution in [3.63, 3.8) is 0 Å². The fourth-order valence-corrected chi connectivity index (χ4v) is 6.02. The number of carbonyl (C=O) groups is 2. The van der Waals surface area contributed by atoms with Gasteiger partial charge in [0.2, 0.25) is 5.91 Å². The normalized spacial score (nSPS) is 26.8. The minimum absolute atomic E-state index is 0.121. The molecule has 2 saturated carbocycles. The molecule has 2 heterocycles. The molecule has 2 N–H and O–H groups in total. The Kier molecular flexibility index (Phi) is 5.16. The lowest BCUT2D eigenvalue weighted by atomic mass is 9.91. The molecule has 6 rings (SSSR count). The van der Waals surface area contributed by atoms with Crippen molar-refractivity contribution in [1.82, 2.24) is 10.6 Å². The Bertz CT molecular complexity index is 1110. The number of anilines is 1. The molecule has 0 spiro atoms. The number of benzene rings is 2. The predicted octanol–water partition coefficient (Wildman–Crippen LogP) is 4.37. The van der Waals surface area contributed by atoms with Crippen LogP contribution in [0.2, 0.25) is 0 Å². The summed E-state index contributed by atoms with van der Waals surface area (Å²) in [5.41, 5.74) is 2.94. The lowest BCUT2D eigenvalue weighted by Gasteiger charge is -2.41. The molecule has 2 aromatic rings. The largest absolute Gasteiger partial charge is 0.365 e. The van der Waals surface area contributed by atoms with Crippen molar-refractivity contribution in [2.75, 3.05) is 4.90 Å². The van der Waals surface area contributed by atoms with Gasteiger partial charge in [0.1, 0.15) is 5.82 Å². The van der Waals surface area contributed by atoms with E-state index in [2.05, 4.69) is 46.7 Å². The van der Waals surface area contributed by atoms with E-state index in [1.807, 2.05) is 6.07 Å². The summed E-state index contributed by atoms with van der Waals surface area (Å²) in [6.45, 7) is 2.06. The molecule has 2 bridgehead atoms. The average Bonchev–Trinajstić information content (AvgIpc) is 3.73. The van der Waals surface area contributed by atoms with Gasteiger partial charge in [0.15, 0.2) is 0 Å². The number of carbonyl (C=O) groups excluding carboxylic acids is 2. The van der Waals surface area contributed by atoms with Gasteiger partial charge in [0.25, 0.3) is 5.91 Å². The molecule has 2 unspecified atom stereocenters. The molecule has 2 amide bonds. The molecule has 2 atom stereocenters. The average molecular weight is 462 g/mol. The number of hydrogen-bond donors (Lipinski definition) is 2. The van der Waals surface area contributed by atoms with E-state index >= 15 is 0 Å². The lowest BCUT2D eigenvalue weighted by molar-refractivity contribution is -0.124. The molecule has 2 aromatic carbocycles. The number of halogens is 1. The maximum atomic E-state index is 14.8. The number of aryl methyl sites for hydroxylation is 1. The zero-order chi connectivity index (χ0) is 23.4.